The summed E-state index contributed by atoms with van der Waals surface area (Å²) in [6.07, 6.45) is 1.75. The maximum atomic E-state index is 12.5. The number of nitrogens with two attached hydrogens (primary N) is 1. The third kappa shape index (κ3) is 5.15. The average Bonchev–Trinajstić information content (AvgIpc) is 2.68. The van der Waals surface area contributed by atoms with E-state index in [-0.39, 0.29) is 23.7 Å². The largest absolute Gasteiger partial charge is 0.494 e. The van der Waals surface area contributed by atoms with Gasteiger partial charge in [-0.05, 0) is 55.7 Å². The van der Waals surface area contributed by atoms with Crippen LogP contribution in [0.15, 0.2) is 48.5 Å². The zero-order valence-corrected chi connectivity index (χ0v) is 16.4. The molecular formula is C21H27ClN2O3. The molecule has 2 aromatic carbocycles. The SMILES string of the molecule is CCOc1ccc(C2(CNC(=O)c3cccc(N)c3)CCOCC2)cc1.Cl. The van der Waals surface area contributed by atoms with E-state index in [1.165, 1.54) is 5.56 Å². The number of carbonyl (C=O) groups excluding carboxylic acids is 1. The first-order chi connectivity index (χ1) is 12.6. The number of anilines is 1. The Morgan fingerprint density at radius 1 is 1.19 bits per heavy atom. The molecule has 0 aromatic heterocycles. The molecule has 0 unspecified atom stereocenters. The van der Waals surface area contributed by atoms with Crippen LogP contribution in [0.5, 0.6) is 5.75 Å². The number of hydrogen-bond donors (Lipinski definition) is 2. The summed E-state index contributed by atoms with van der Waals surface area (Å²) < 4.78 is 11.1. The first-order valence-electron chi connectivity index (χ1n) is 9.08. The van der Waals surface area contributed by atoms with Crippen molar-refractivity contribution in [3.63, 3.8) is 0 Å². The summed E-state index contributed by atoms with van der Waals surface area (Å²) in [6.45, 7) is 4.58. The van der Waals surface area contributed by atoms with E-state index in [1.54, 1.807) is 24.3 Å². The van der Waals surface area contributed by atoms with Crippen LogP contribution in [0.4, 0.5) is 5.69 Å². The van der Waals surface area contributed by atoms with E-state index in [1.807, 2.05) is 19.1 Å². The molecule has 2 aromatic rings. The highest BCUT2D eigenvalue weighted by molar-refractivity contribution is 5.95. The van der Waals surface area contributed by atoms with Gasteiger partial charge >= 0.3 is 0 Å². The van der Waals surface area contributed by atoms with Gasteiger partial charge in [-0.2, -0.15) is 0 Å². The van der Waals surface area contributed by atoms with Gasteiger partial charge in [0, 0.05) is 36.4 Å². The highest BCUT2D eigenvalue weighted by Crippen LogP contribution is 2.35. The molecule has 1 aliphatic heterocycles. The van der Waals surface area contributed by atoms with Crippen molar-refractivity contribution >= 4 is 24.0 Å². The molecule has 27 heavy (non-hydrogen) atoms. The second-order valence-electron chi connectivity index (χ2n) is 6.66. The van der Waals surface area contributed by atoms with Crippen LogP contribution >= 0.6 is 12.4 Å². The summed E-state index contributed by atoms with van der Waals surface area (Å²) >= 11 is 0. The van der Waals surface area contributed by atoms with E-state index in [2.05, 4.69) is 17.4 Å². The normalized spacial score (nSPS) is 15.4. The van der Waals surface area contributed by atoms with Gasteiger partial charge in [0.2, 0.25) is 0 Å². The molecule has 6 heteroatoms. The van der Waals surface area contributed by atoms with E-state index >= 15 is 0 Å². The molecule has 3 N–H and O–H groups in total. The van der Waals surface area contributed by atoms with Crippen molar-refractivity contribution in [3.8, 4) is 5.75 Å². The highest BCUT2D eigenvalue weighted by atomic mass is 35.5. The van der Waals surface area contributed by atoms with Crippen LogP contribution < -0.4 is 15.8 Å². The van der Waals surface area contributed by atoms with Gasteiger partial charge in [-0.3, -0.25) is 4.79 Å². The molecule has 0 radical (unpaired) electrons. The van der Waals surface area contributed by atoms with Crippen molar-refractivity contribution < 1.29 is 14.3 Å². The van der Waals surface area contributed by atoms with Gasteiger partial charge in [0.15, 0.2) is 0 Å². The zero-order chi connectivity index (χ0) is 18.4. The Morgan fingerprint density at radius 3 is 2.52 bits per heavy atom. The second kappa shape index (κ2) is 9.62. The van der Waals surface area contributed by atoms with Crippen LogP contribution in [0.2, 0.25) is 0 Å². The Hall–Kier alpha value is -2.24. The summed E-state index contributed by atoms with van der Waals surface area (Å²) in [5, 5.41) is 3.09. The molecule has 0 spiro atoms. The standard InChI is InChI=1S/C21H26N2O3.ClH/c1-2-26-19-8-6-17(7-9-19)21(10-12-25-13-11-21)15-23-20(24)16-4-3-5-18(22)14-16;/h3-9,14H,2,10-13,15,22H2,1H3,(H,23,24);1H. The number of rotatable bonds is 6. The fourth-order valence-electron chi connectivity index (χ4n) is 3.43. The molecule has 146 valence electrons. The van der Waals surface area contributed by atoms with Gasteiger partial charge in [0.25, 0.3) is 5.91 Å². The predicted octanol–water partition coefficient (Wildman–Crippen LogP) is 3.57. The maximum absolute atomic E-state index is 12.5. The van der Waals surface area contributed by atoms with Crippen molar-refractivity contribution in [1.29, 1.82) is 0 Å². The summed E-state index contributed by atoms with van der Waals surface area (Å²) in [5.74, 6) is 0.761. The third-order valence-corrected chi connectivity index (χ3v) is 4.96. The van der Waals surface area contributed by atoms with Crippen LogP contribution in [0, 0.1) is 0 Å². The minimum absolute atomic E-state index is 0. The second-order valence-corrected chi connectivity index (χ2v) is 6.66. The van der Waals surface area contributed by atoms with Gasteiger partial charge in [0.05, 0.1) is 6.61 Å². The number of hydrogen-bond acceptors (Lipinski definition) is 4. The fraction of sp³-hybridized carbons (Fsp3) is 0.381. The van der Waals surface area contributed by atoms with Crippen molar-refractivity contribution in [2.24, 2.45) is 0 Å². The summed E-state index contributed by atoms with van der Waals surface area (Å²) in [4.78, 5) is 12.5. The van der Waals surface area contributed by atoms with Crippen molar-refractivity contribution in [3.05, 3.63) is 59.7 Å². The molecule has 0 bridgehead atoms. The fourth-order valence-corrected chi connectivity index (χ4v) is 3.43. The van der Waals surface area contributed by atoms with E-state index in [0.29, 0.717) is 37.6 Å². The van der Waals surface area contributed by atoms with Crippen LogP contribution in [0.3, 0.4) is 0 Å². The van der Waals surface area contributed by atoms with Crippen molar-refractivity contribution in [1.82, 2.24) is 5.32 Å². The average molecular weight is 391 g/mol. The van der Waals surface area contributed by atoms with Gasteiger partial charge < -0.3 is 20.5 Å². The predicted molar refractivity (Wildman–Crippen MR) is 110 cm³/mol. The molecule has 1 aliphatic rings. The molecule has 1 amide bonds. The number of nitrogens with one attached hydrogen (secondary N) is 1. The number of carbonyl (C=O) groups is 1. The summed E-state index contributed by atoms with van der Waals surface area (Å²) in [6, 6.07) is 15.2. The monoisotopic (exact) mass is 390 g/mol. The van der Waals surface area contributed by atoms with Gasteiger partial charge in [-0.25, -0.2) is 0 Å². The minimum atomic E-state index is -0.126. The van der Waals surface area contributed by atoms with E-state index in [9.17, 15) is 4.79 Å². The molecule has 0 saturated carbocycles. The number of amides is 1. The molecular weight excluding hydrogens is 364 g/mol. The van der Waals surface area contributed by atoms with Crippen molar-refractivity contribution in [2.75, 3.05) is 32.1 Å². The van der Waals surface area contributed by atoms with Gasteiger partial charge in [-0.1, -0.05) is 18.2 Å². The van der Waals surface area contributed by atoms with Crippen LogP contribution in [0.1, 0.15) is 35.7 Å². The number of ether oxygens (including phenoxy) is 2. The Morgan fingerprint density at radius 2 is 1.89 bits per heavy atom. The number of halogens is 1. The summed E-state index contributed by atoms with van der Waals surface area (Å²) in [7, 11) is 0. The zero-order valence-electron chi connectivity index (χ0n) is 15.6. The molecule has 1 saturated heterocycles. The van der Waals surface area contributed by atoms with Crippen LogP contribution in [0.25, 0.3) is 0 Å². The molecule has 0 atom stereocenters. The maximum Gasteiger partial charge on any atom is 0.251 e. The first kappa shape index (κ1) is 21.1. The van der Waals surface area contributed by atoms with Gasteiger partial charge in [0.1, 0.15) is 5.75 Å². The molecule has 3 rings (SSSR count). The quantitative estimate of drug-likeness (QED) is 0.739. The van der Waals surface area contributed by atoms with Crippen LogP contribution in [-0.2, 0) is 10.2 Å². The Bertz CT molecular complexity index is 743. The topological polar surface area (TPSA) is 73.6 Å². The number of nitrogen functional groups attached to an aromatic ring is 1. The summed E-state index contributed by atoms with van der Waals surface area (Å²) in [5.41, 5.74) is 8.03. The minimum Gasteiger partial charge on any atom is -0.494 e. The van der Waals surface area contributed by atoms with Crippen molar-refractivity contribution in [2.45, 2.75) is 25.2 Å². The molecule has 1 fully saturated rings. The van der Waals surface area contributed by atoms with Gasteiger partial charge in [-0.15, -0.1) is 12.4 Å². The van der Waals surface area contributed by atoms with Crippen LogP contribution in [-0.4, -0.2) is 32.3 Å². The Balaban J connectivity index is 0.00000261. The third-order valence-electron chi connectivity index (χ3n) is 4.96. The lowest BCUT2D eigenvalue weighted by molar-refractivity contribution is 0.0487. The molecule has 0 aliphatic carbocycles. The van der Waals surface area contributed by atoms with E-state index < -0.39 is 0 Å². The highest BCUT2D eigenvalue weighted by Gasteiger charge is 2.35. The Kier molecular flexibility index (Phi) is 7.51. The van der Waals surface area contributed by atoms with E-state index in [4.69, 9.17) is 15.2 Å². The lowest BCUT2D eigenvalue weighted by atomic mass is 9.74. The lowest BCUT2D eigenvalue weighted by Gasteiger charge is -2.38. The van der Waals surface area contributed by atoms with E-state index in [0.717, 1.165) is 18.6 Å². The Labute approximate surface area is 166 Å². The number of benzene rings is 2. The smallest absolute Gasteiger partial charge is 0.251 e. The molecule has 5 nitrogen and oxygen atoms in total. The molecule has 1 heterocycles. The first-order valence-corrected chi connectivity index (χ1v) is 9.08. The lowest BCUT2D eigenvalue weighted by Crippen LogP contribution is -2.44.